The van der Waals surface area contributed by atoms with Gasteiger partial charge in [-0.15, -0.1) is 6.58 Å². The van der Waals surface area contributed by atoms with Crippen molar-refractivity contribution in [2.24, 2.45) is 0 Å². The Hall–Kier alpha value is -0.220. The topological polar surface area (TPSA) is 20.3 Å². The number of rotatable bonds is 5. The fraction of sp³-hybridized carbons (Fsp3) is 0.786. The molecule has 1 fully saturated rings. The van der Waals surface area contributed by atoms with E-state index in [1.54, 1.807) is 0 Å². The monoisotopic (exact) mass is 287 g/mol. The third-order valence-corrected chi connectivity index (χ3v) is 6.29. The summed E-state index contributed by atoms with van der Waals surface area (Å²) >= 11 is 5.46. The molecule has 1 rings (SSSR count). The molecule has 0 spiro atoms. The normalized spacial score (nSPS) is 20.2. The minimum absolute atomic E-state index is 0.0319. The van der Waals surface area contributed by atoms with Crippen LogP contribution in [0.25, 0.3) is 0 Å². The van der Waals surface area contributed by atoms with Crippen LogP contribution in [0.4, 0.5) is 0 Å². The highest BCUT2D eigenvalue weighted by Gasteiger charge is 2.30. The molecule has 0 heterocycles. The molecule has 0 aliphatic heterocycles. The molecule has 18 heavy (non-hydrogen) atoms. The summed E-state index contributed by atoms with van der Waals surface area (Å²) in [5.41, 5.74) is 1.06. The van der Waals surface area contributed by atoms with Gasteiger partial charge in [0.05, 0.1) is 10.2 Å². The maximum Gasteiger partial charge on any atom is 0.0935 e. The highest BCUT2D eigenvalue weighted by Crippen LogP contribution is 2.26. The van der Waals surface area contributed by atoms with E-state index in [2.05, 4.69) is 6.58 Å². The summed E-state index contributed by atoms with van der Waals surface area (Å²) in [5.74, 6) is 0. The Labute approximate surface area is 119 Å². The first kappa shape index (κ1) is 15.8. The molecule has 0 radical (unpaired) electrons. The van der Waals surface area contributed by atoms with Gasteiger partial charge in [0.25, 0.3) is 0 Å². The van der Waals surface area contributed by atoms with Gasteiger partial charge in [0.2, 0.25) is 0 Å². The Morgan fingerprint density at radius 1 is 1.39 bits per heavy atom. The number of hydrogen-bond donors (Lipinski definition) is 0. The molecule has 2 atom stereocenters. The van der Waals surface area contributed by atoms with Crippen LogP contribution in [-0.2, 0) is 10.8 Å². The van der Waals surface area contributed by atoms with E-state index in [0.717, 1.165) is 29.8 Å². The average Bonchev–Trinajstić information content (AvgIpc) is 2.35. The van der Waals surface area contributed by atoms with Crippen molar-refractivity contribution in [2.45, 2.75) is 55.9 Å². The van der Waals surface area contributed by atoms with Gasteiger partial charge in [0.15, 0.2) is 0 Å². The smallest absolute Gasteiger partial charge is 0.0935 e. The zero-order valence-corrected chi connectivity index (χ0v) is 13.4. The molecule has 0 unspecified atom stereocenters. The molecule has 0 bridgehead atoms. The van der Waals surface area contributed by atoms with Crippen LogP contribution >= 0.6 is 12.2 Å². The van der Waals surface area contributed by atoms with E-state index < -0.39 is 10.8 Å². The molecule has 0 saturated heterocycles. The van der Waals surface area contributed by atoms with Crippen LogP contribution < -0.4 is 0 Å². The number of nitrogens with zero attached hydrogens (tertiary/aromatic N) is 1. The Bertz CT molecular complexity index is 333. The lowest BCUT2D eigenvalue weighted by atomic mass is 10.0. The Morgan fingerprint density at radius 2 is 1.94 bits per heavy atom. The van der Waals surface area contributed by atoms with Crippen molar-refractivity contribution in [2.75, 3.05) is 14.1 Å². The lowest BCUT2D eigenvalue weighted by Gasteiger charge is -2.29. The molecular weight excluding hydrogens is 262 g/mol. The second-order valence-electron chi connectivity index (χ2n) is 5.47. The highest BCUT2D eigenvalue weighted by molar-refractivity contribution is 7.90. The lowest BCUT2D eigenvalue weighted by molar-refractivity contribution is 0.502. The zero-order chi connectivity index (χ0) is 13.7. The zero-order valence-electron chi connectivity index (χ0n) is 11.8. The van der Waals surface area contributed by atoms with Gasteiger partial charge in [0, 0.05) is 30.1 Å². The van der Waals surface area contributed by atoms with Gasteiger partial charge in [-0.05, 0) is 26.2 Å². The van der Waals surface area contributed by atoms with Gasteiger partial charge in [-0.2, -0.15) is 0 Å². The predicted molar refractivity (Wildman–Crippen MR) is 84.5 cm³/mol. The van der Waals surface area contributed by atoms with Crippen LogP contribution in [0.15, 0.2) is 12.2 Å². The molecule has 0 aromatic heterocycles. The SMILES string of the molecule is C=C(C)C[C@H](C(=S)N(C)C)[S@@](=O)C1CCCCC1. The fourth-order valence-electron chi connectivity index (χ4n) is 2.40. The van der Waals surface area contributed by atoms with Crippen LogP contribution in [0.5, 0.6) is 0 Å². The minimum Gasteiger partial charge on any atom is -0.371 e. The first-order valence-corrected chi connectivity index (χ1v) is 8.37. The largest absolute Gasteiger partial charge is 0.371 e. The van der Waals surface area contributed by atoms with Gasteiger partial charge >= 0.3 is 0 Å². The summed E-state index contributed by atoms with van der Waals surface area (Å²) < 4.78 is 12.7. The molecule has 1 aliphatic rings. The van der Waals surface area contributed by atoms with Gasteiger partial charge in [-0.1, -0.05) is 37.1 Å². The summed E-state index contributed by atoms with van der Waals surface area (Å²) in [4.78, 5) is 2.73. The standard InChI is InChI=1S/C14H25NOS2/c1-11(2)10-13(14(17)15(3)4)18(16)12-8-6-5-7-9-12/h12-13H,1,5-10H2,2-4H3/t13-,18+/m1/s1. The van der Waals surface area contributed by atoms with Gasteiger partial charge < -0.3 is 4.90 Å². The molecular formula is C14H25NOS2. The third kappa shape index (κ3) is 4.47. The number of allylic oxidation sites excluding steroid dienone is 1. The van der Waals surface area contributed by atoms with E-state index in [4.69, 9.17) is 12.2 Å². The fourth-order valence-corrected chi connectivity index (χ4v) is 4.89. The number of thiocarbonyl (C=S) groups is 1. The quantitative estimate of drug-likeness (QED) is 0.572. The molecule has 4 heteroatoms. The second kappa shape index (κ2) is 7.39. The van der Waals surface area contributed by atoms with Crippen molar-refractivity contribution in [3.8, 4) is 0 Å². The van der Waals surface area contributed by atoms with E-state index in [1.165, 1.54) is 19.3 Å². The molecule has 0 N–H and O–H groups in total. The first-order valence-electron chi connectivity index (χ1n) is 6.68. The van der Waals surface area contributed by atoms with E-state index in [-0.39, 0.29) is 5.25 Å². The van der Waals surface area contributed by atoms with Crippen molar-refractivity contribution in [1.82, 2.24) is 4.90 Å². The van der Waals surface area contributed by atoms with Gasteiger partial charge in [-0.25, -0.2) is 0 Å². The van der Waals surface area contributed by atoms with E-state index in [9.17, 15) is 4.21 Å². The summed E-state index contributed by atoms with van der Waals surface area (Å²) in [7, 11) is 3.01. The van der Waals surface area contributed by atoms with Crippen molar-refractivity contribution in [3.63, 3.8) is 0 Å². The minimum atomic E-state index is -0.859. The molecule has 104 valence electrons. The van der Waals surface area contributed by atoms with Crippen LogP contribution in [0.1, 0.15) is 45.4 Å². The van der Waals surface area contributed by atoms with Gasteiger partial charge in [-0.3, -0.25) is 4.21 Å². The summed E-state index contributed by atoms with van der Waals surface area (Å²) in [6, 6.07) is 0. The molecule has 1 saturated carbocycles. The summed E-state index contributed by atoms with van der Waals surface area (Å²) in [6.07, 6.45) is 6.65. The van der Waals surface area contributed by atoms with Crippen LogP contribution in [0, 0.1) is 0 Å². The summed E-state index contributed by atoms with van der Waals surface area (Å²) in [5, 5.41) is 0.302. The Morgan fingerprint density at radius 3 is 2.39 bits per heavy atom. The predicted octanol–water partition coefficient (Wildman–Crippen LogP) is 3.29. The average molecular weight is 287 g/mol. The first-order chi connectivity index (χ1) is 8.43. The highest BCUT2D eigenvalue weighted by atomic mass is 32.2. The van der Waals surface area contributed by atoms with Crippen molar-refractivity contribution in [1.29, 1.82) is 0 Å². The summed E-state index contributed by atoms with van der Waals surface area (Å²) in [6.45, 7) is 5.94. The maximum absolute atomic E-state index is 12.7. The number of hydrogen-bond acceptors (Lipinski definition) is 2. The van der Waals surface area contributed by atoms with E-state index >= 15 is 0 Å². The van der Waals surface area contributed by atoms with Crippen LogP contribution in [0.3, 0.4) is 0 Å². The molecule has 2 nitrogen and oxygen atoms in total. The van der Waals surface area contributed by atoms with Crippen molar-refractivity contribution < 1.29 is 4.21 Å². The molecule has 0 aromatic rings. The van der Waals surface area contributed by atoms with E-state index in [1.807, 2.05) is 25.9 Å². The molecule has 1 aliphatic carbocycles. The van der Waals surface area contributed by atoms with Crippen molar-refractivity contribution in [3.05, 3.63) is 12.2 Å². The maximum atomic E-state index is 12.7. The molecule has 0 aromatic carbocycles. The van der Waals surface area contributed by atoms with Crippen LogP contribution in [-0.4, -0.2) is 38.7 Å². The van der Waals surface area contributed by atoms with Gasteiger partial charge in [0.1, 0.15) is 0 Å². The Kier molecular flexibility index (Phi) is 6.50. The van der Waals surface area contributed by atoms with Crippen molar-refractivity contribution >= 4 is 28.0 Å². The lowest BCUT2D eigenvalue weighted by Crippen LogP contribution is -2.39. The van der Waals surface area contributed by atoms with Crippen LogP contribution in [0.2, 0.25) is 0 Å². The second-order valence-corrected chi connectivity index (χ2v) is 7.78. The Balaban J connectivity index is 2.77. The molecule has 0 amide bonds. The third-order valence-electron chi connectivity index (χ3n) is 3.41. The van der Waals surface area contributed by atoms with E-state index in [0.29, 0.717) is 5.25 Å².